The topological polar surface area (TPSA) is 111 Å². The number of aryl methyl sites for hydroxylation is 1. The van der Waals surface area contributed by atoms with Crippen molar-refractivity contribution < 1.29 is 19.1 Å². The van der Waals surface area contributed by atoms with Gasteiger partial charge in [-0.25, -0.2) is 4.98 Å². The Morgan fingerprint density at radius 1 is 1.37 bits per heavy atom. The Labute approximate surface area is 154 Å². The molecule has 0 aliphatic carbocycles. The fourth-order valence-electron chi connectivity index (χ4n) is 3.12. The van der Waals surface area contributed by atoms with Crippen molar-refractivity contribution in [1.82, 2.24) is 19.8 Å². The highest BCUT2D eigenvalue weighted by Crippen LogP contribution is 2.16. The number of ether oxygens (including phenoxy) is 1. The van der Waals surface area contributed by atoms with Crippen LogP contribution >= 0.6 is 0 Å². The maximum atomic E-state index is 13.1. The van der Waals surface area contributed by atoms with Gasteiger partial charge < -0.3 is 15.0 Å². The molecule has 0 saturated carbocycles. The Morgan fingerprint density at radius 3 is 2.89 bits per heavy atom. The number of fused-ring (bicyclic) bond motifs is 1. The van der Waals surface area contributed by atoms with Crippen molar-refractivity contribution in [3.63, 3.8) is 0 Å². The molecule has 1 fully saturated rings. The normalized spacial score (nSPS) is 16.9. The number of carbonyl (C=O) groups is 3. The fourth-order valence-corrected chi connectivity index (χ4v) is 3.12. The second-order valence-corrected chi connectivity index (χ2v) is 6.24. The Kier molecular flexibility index (Phi) is 5.20. The van der Waals surface area contributed by atoms with Gasteiger partial charge in [-0.2, -0.15) is 0 Å². The van der Waals surface area contributed by atoms with Crippen LogP contribution in [0.2, 0.25) is 0 Å². The molecule has 2 aromatic rings. The number of aromatic nitrogens is 2. The minimum Gasteiger partial charge on any atom is -0.466 e. The lowest BCUT2D eigenvalue weighted by atomic mass is 10.1. The van der Waals surface area contributed by atoms with E-state index < -0.39 is 23.5 Å². The second kappa shape index (κ2) is 7.56. The largest absolute Gasteiger partial charge is 0.466 e. The van der Waals surface area contributed by atoms with E-state index in [2.05, 4.69) is 10.3 Å². The fraction of sp³-hybridized carbons (Fsp3) is 0.389. The smallest absolute Gasteiger partial charge is 0.307 e. The van der Waals surface area contributed by atoms with Gasteiger partial charge in [0.05, 0.1) is 19.1 Å². The number of esters is 1. The zero-order valence-corrected chi connectivity index (χ0v) is 15.1. The number of hydrogen-bond donors (Lipinski definition) is 1. The van der Waals surface area contributed by atoms with Crippen molar-refractivity contribution >= 4 is 28.8 Å². The molecule has 9 nitrogen and oxygen atoms in total. The quantitative estimate of drug-likeness (QED) is 0.746. The highest BCUT2D eigenvalue weighted by molar-refractivity contribution is 5.99. The molecule has 3 rings (SSSR count). The van der Waals surface area contributed by atoms with E-state index in [1.807, 2.05) is 0 Å². The molecule has 1 N–H and O–H groups in total. The van der Waals surface area contributed by atoms with Gasteiger partial charge in [0.25, 0.3) is 11.5 Å². The number of amides is 2. The molecule has 2 amide bonds. The molecular weight excluding hydrogens is 352 g/mol. The average molecular weight is 372 g/mol. The Morgan fingerprint density at radius 2 is 2.15 bits per heavy atom. The van der Waals surface area contributed by atoms with Crippen LogP contribution in [-0.2, 0) is 21.4 Å². The molecule has 27 heavy (non-hydrogen) atoms. The van der Waals surface area contributed by atoms with Gasteiger partial charge in [0, 0.05) is 25.2 Å². The predicted molar refractivity (Wildman–Crippen MR) is 96.1 cm³/mol. The molecule has 1 aliphatic heterocycles. The molecule has 1 aliphatic rings. The molecule has 9 heteroatoms. The van der Waals surface area contributed by atoms with Crippen LogP contribution in [-0.4, -0.2) is 58.0 Å². The summed E-state index contributed by atoms with van der Waals surface area (Å²) in [5.74, 6) is -1.40. The summed E-state index contributed by atoms with van der Waals surface area (Å²) in [5, 5.41) is 3.27. The first-order valence-corrected chi connectivity index (χ1v) is 8.60. The third-order valence-electron chi connectivity index (χ3n) is 4.46. The van der Waals surface area contributed by atoms with Crippen molar-refractivity contribution in [2.45, 2.75) is 19.4 Å². The van der Waals surface area contributed by atoms with E-state index in [-0.39, 0.29) is 37.6 Å². The van der Waals surface area contributed by atoms with Gasteiger partial charge in [0.15, 0.2) is 0 Å². The van der Waals surface area contributed by atoms with Crippen LogP contribution in [0.3, 0.4) is 0 Å². The summed E-state index contributed by atoms with van der Waals surface area (Å²) in [7, 11) is 1.54. The minimum absolute atomic E-state index is 0.0602. The molecule has 0 aromatic carbocycles. The summed E-state index contributed by atoms with van der Waals surface area (Å²) in [4.78, 5) is 54.8. The highest BCUT2D eigenvalue weighted by atomic mass is 16.5. The molecule has 3 heterocycles. The molecule has 1 saturated heterocycles. The van der Waals surface area contributed by atoms with Crippen LogP contribution in [0.4, 0.5) is 0 Å². The highest BCUT2D eigenvalue weighted by Gasteiger charge is 2.34. The number of nitrogens with one attached hydrogen (secondary N) is 1. The van der Waals surface area contributed by atoms with Crippen LogP contribution in [0.15, 0.2) is 29.2 Å². The van der Waals surface area contributed by atoms with Gasteiger partial charge in [0.2, 0.25) is 5.91 Å². The van der Waals surface area contributed by atoms with Gasteiger partial charge >= 0.3 is 5.97 Å². The standard InChI is InChI=1S/C18H20N4O5/c1-3-27-15(24)8-12-9-20-14(23)10-22(12)18(26)13-7-11-5-4-6-19-16(11)21(2)17(13)25/h4-7,12H,3,8-10H2,1-2H3,(H,20,23)/t12-/m0/s1. The maximum absolute atomic E-state index is 13.1. The number of pyridine rings is 2. The second-order valence-electron chi connectivity index (χ2n) is 6.24. The summed E-state index contributed by atoms with van der Waals surface area (Å²) < 4.78 is 6.24. The number of piperazine rings is 1. The Hall–Kier alpha value is -3.23. The lowest BCUT2D eigenvalue weighted by Gasteiger charge is -2.35. The van der Waals surface area contributed by atoms with Gasteiger partial charge in [-0.1, -0.05) is 0 Å². The average Bonchev–Trinajstić information content (AvgIpc) is 2.66. The van der Waals surface area contributed by atoms with E-state index in [9.17, 15) is 19.2 Å². The van der Waals surface area contributed by atoms with E-state index in [1.165, 1.54) is 22.6 Å². The van der Waals surface area contributed by atoms with Crippen LogP contribution in [0, 0.1) is 0 Å². The van der Waals surface area contributed by atoms with Gasteiger partial charge in [-0.05, 0) is 25.1 Å². The summed E-state index contributed by atoms with van der Waals surface area (Å²) in [6, 6.07) is 4.35. The first-order valence-electron chi connectivity index (χ1n) is 8.60. The Balaban J connectivity index is 1.97. The van der Waals surface area contributed by atoms with Crippen molar-refractivity contribution in [2.24, 2.45) is 7.05 Å². The number of nitrogens with zero attached hydrogens (tertiary/aromatic N) is 3. The van der Waals surface area contributed by atoms with Crippen molar-refractivity contribution in [3.05, 3.63) is 40.3 Å². The Bertz CT molecular complexity index is 968. The first kappa shape index (κ1) is 18.6. The van der Waals surface area contributed by atoms with Crippen molar-refractivity contribution in [1.29, 1.82) is 0 Å². The minimum atomic E-state index is -0.592. The molecule has 0 spiro atoms. The van der Waals surface area contributed by atoms with Crippen LogP contribution < -0.4 is 10.9 Å². The van der Waals surface area contributed by atoms with E-state index in [0.29, 0.717) is 11.0 Å². The van der Waals surface area contributed by atoms with Crippen LogP contribution in [0.5, 0.6) is 0 Å². The monoisotopic (exact) mass is 372 g/mol. The van der Waals surface area contributed by atoms with Crippen LogP contribution in [0.1, 0.15) is 23.7 Å². The SMILES string of the molecule is CCOC(=O)C[C@H]1CNC(=O)CN1C(=O)c1cc2cccnc2n(C)c1=O. The van der Waals surface area contributed by atoms with Gasteiger partial charge in [0.1, 0.15) is 17.8 Å². The molecule has 0 radical (unpaired) electrons. The molecular formula is C18H20N4O5. The number of carbonyl (C=O) groups excluding carboxylic acids is 3. The molecule has 0 bridgehead atoms. The lowest BCUT2D eigenvalue weighted by Crippen LogP contribution is -2.57. The summed E-state index contributed by atoms with van der Waals surface area (Å²) in [6.07, 6.45) is 1.50. The van der Waals surface area contributed by atoms with Gasteiger partial charge in [-0.3, -0.25) is 23.7 Å². The van der Waals surface area contributed by atoms with Gasteiger partial charge in [-0.15, -0.1) is 0 Å². The van der Waals surface area contributed by atoms with Crippen molar-refractivity contribution in [2.75, 3.05) is 19.7 Å². The predicted octanol–water partition coefficient (Wildman–Crippen LogP) is -0.173. The summed E-state index contributed by atoms with van der Waals surface area (Å²) in [5.41, 5.74) is -0.118. The van der Waals surface area contributed by atoms with Crippen molar-refractivity contribution in [3.8, 4) is 0 Å². The zero-order chi connectivity index (χ0) is 19.6. The molecule has 0 unspecified atom stereocenters. The van der Waals surface area contributed by atoms with E-state index in [4.69, 9.17) is 4.74 Å². The number of hydrogen-bond acceptors (Lipinski definition) is 6. The lowest BCUT2D eigenvalue weighted by molar-refractivity contribution is -0.145. The third-order valence-corrected chi connectivity index (χ3v) is 4.46. The molecule has 1 atom stereocenters. The first-order chi connectivity index (χ1) is 12.9. The third kappa shape index (κ3) is 3.67. The van der Waals surface area contributed by atoms with Crippen LogP contribution in [0.25, 0.3) is 11.0 Å². The van der Waals surface area contributed by atoms with E-state index in [1.54, 1.807) is 25.3 Å². The molecule has 142 valence electrons. The van der Waals surface area contributed by atoms with E-state index in [0.717, 1.165) is 0 Å². The molecule has 2 aromatic heterocycles. The maximum Gasteiger partial charge on any atom is 0.307 e. The van der Waals surface area contributed by atoms with E-state index >= 15 is 0 Å². The number of rotatable bonds is 4. The zero-order valence-electron chi connectivity index (χ0n) is 15.1. The summed E-state index contributed by atoms with van der Waals surface area (Å²) in [6.45, 7) is 1.82. The summed E-state index contributed by atoms with van der Waals surface area (Å²) >= 11 is 0.